The molecule has 0 heterocycles. The third kappa shape index (κ3) is 2.97. The zero-order chi connectivity index (χ0) is 12.3. The summed E-state index contributed by atoms with van der Waals surface area (Å²) in [7, 11) is 1.39. The highest BCUT2D eigenvalue weighted by Gasteiger charge is 2.21. The summed E-state index contributed by atoms with van der Waals surface area (Å²) in [5, 5.41) is 3.40. The number of carbonyl (C=O) groups excluding carboxylic acids is 1. The molecule has 92 valence electrons. The number of hydrogen-bond donors (Lipinski definition) is 2. The number of esters is 1. The summed E-state index contributed by atoms with van der Waals surface area (Å²) in [5.74, 6) is -0.309. The van der Waals surface area contributed by atoms with E-state index in [0.717, 1.165) is 24.9 Å². The van der Waals surface area contributed by atoms with Crippen LogP contribution in [0.25, 0.3) is 0 Å². The number of nitrogens with two attached hydrogens (primary N) is 1. The molecule has 1 aliphatic rings. The van der Waals surface area contributed by atoms with Gasteiger partial charge in [0.2, 0.25) is 0 Å². The number of nitrogens with one attached hydrogen (secondary N) is 1. The van der Waals surface area contributed by atoms with E-state index in [2.05, 4.69) is 5.32 Å². The standard InChI is InChI=1S/C13H18N2O2/c1-17-13(16)9-3-2-4-11(7-9)15-12-6-5-10(14)8-12/h2-4,7,10,12,15H,5-6,8,14H2,1H3. The average Bonchev–Trinajstić information content (AvgIpc) is 2.74. The van der Waals surface area contributed by atoms with Crippen LogP contribution in [0.5, 0.6) is 0 Å². The first-order valence-corrected chi connectivity index (χ1v) is 5.89. The first-order valence-electron chi connectivity index (χ1n) is 5.89. The highest BCUT2D eigenvalue weighted by Crippen LogP contribution is 2.22. The normalized spacial score (nSPS) is 23.4. The van der Waals surface area contributed by atoms with E-state index in [1.165, 1.54) is 7.11 Å². The Balaban J connectivity index is 2.03. The molecule has 2 unspecified atom stereocenters. The second-order valence-corrected chi connectivity index (χ2v) is 4.49. The average molecular weight is 234 g/mol. The minimum absolute atomic E-state index is 0.302. The number of rotatable bonds is 3. The topological polar surface area (TPSA) is 64.3 Å². The number of methoxy groups -OCH3 is 1. The lowest BCUT2D eigenvalue weighted by molar-refractivity contribution is 0.0601. The van der Waals surface area contributed by atoms with Crippen LogP contribution in [0.2, 0.25) is 0 Å². The molecule has 0 radical (unpaired) electrons. The Morgan fingerprint density at radius 1 is 1.47 bits per heavy atom. The fraction of sp³-hybridized carbons (Fsp3) is 0.462. The summed E-state index contributed by atoms with van der Waals surface area (Å²) in [5.41, 5.74) is 7.38. The predicted molar refractivity (Wildman–Crippen MR) is 67.0 cm³/mol. The smallest absolute Gasteiger partial charge is 0.337 e. The maximum Gasteiger partial charge on any atom is 0.337 e. The molecule has 2 atom stereocenters. The van der Waals surface area contributed by atoms with Crippen LogP contribution in [0.15, 0.2) is 24.3 Å². The van der Waals surface area contributed by atoms with Crippen molar-refractivity contribution in [3.8, 4) is 0 Å². The summed E-state index contributed by atoms with van der Waals surface area (Å²) in [6.07, 6.45) is 3.14. The van der Waals surface area contributed by atoms with Crippen molar-refractivity contribution in [1.82, 2.24) is 0 Å². The lowest BCUT2D eigenvalue weighted by Gasteiger charge is -2.14. The summed E-state index contributed by atoms with van der Waals surface area (Å²) < 4.78 is 4.69. The van der Waals surface area contributed by atoms with Gasteiger partial charge in [-0.3, -0.25) is 0 Å². The highest BCUT2D eigenvalue weighted by atomic mass is 16.5. The molecule has 1 aromatic carbocycles. The molecule has 0 amide bonds. The maximum atomic E-state index is 11.4. The van der Waals surface area contributed by atoms with Gasteiger partial charge in [-0.1, -0.05) is 6.07 Å². The van der Waals surface area contributed by atoms with E-state index in [-0.39, 0.29) is 5.97 Å². The Bertz CT molecular complexity index is 406. The second-order valence-electron chi connectivity index (χ2n) is 4.49. The number of ether oxygens (including phenoxy) is 1. The summed E-state index contributed by atoms with van der Waals surface area (Å²) in [6.45, 7) is 0. The molecule has 4 heteroatoms. The Kier molecular flexibility index (Phi) is 3.64. The number of anilines is 1. The maximum absolute atomic E-state index is 11.4. The van der Waals surface area contributed by atoms with Crippen LogP contribution < -0.4 is 11.1 Å². The second kappa shape index (κ2) is 5.19. The third-order valence-corrected chi connectivity index (χ3v) is 3.13. The molecule has 0 spiro atoms. The van der Waals surface area contributed by atoms with Gasteiger partial charge in [0, 0.05) is 17.8 Å². The van der Waals surface area contributed by atoms with Gasteiger partial charge in [0.05, 0.1) is 12.7 Å². The minimum Gasteiger partial charge on any atom is -0.465 e. The molecule has 0 aliphatic heterocycles. The molecular weight excluding hydrogens is 216 g/mol. The molecule has 1 aromatic rings. The fourth-order valence-corrected chi connectivity index (χ4v) is 2.24. The van der Waals surface area contributed by atoms with Crippen molar-refractivity contribution in [3.63, 3.8) is 0 Å². The van der Waals surface area contributed by atoms with Crippen molar-refractivity contribution >= 4 is 11.7 Å². The van der Waals surface area contributed by atoms with Gasteiger partial charge in [-0.05, 0) is 37.5 Å². The molecule has 2 rings (SSSR count). The Morgan fingerprint density at radius 2 is 2.29 bits per heavy atom. The molecule has 0 saturated heterocycles. The zero-order valence-corrected chi connectivity index (χ0v) is 9.98. The lowest BCUT2D eigenvalue weighted by Crippen LogP contribution is -2.20. The van der Waals surface area contributed by atoms with Crippen LogP contribution in [0.3, 0.4) is 0 Å². The van der Waals surface area contributed by atoms with Crippen LogP contribution in [0, 0.1) is 0 Å². The van der Waals surface area contributed by atoms with Gasteiger partial charge in [-0.25, -0.2) is 4.79 Å². The Hall–Kier alpha value is -1.55. The van der Waals surface area contributed by atoms with E-state index in [1.54, 1.807) is 6.07 Å². The highest BCUT2D eigenvalue weighted by molar-refractivity contribution is 5.90. The van der Waals surface area contributed by atoms with Crippen LogP contribution in [-0.2, 0) is 4.74 Å². The zero-order valence-electron chi connectivity index (χ0n) is 9.98. The van der Waals surface area contributed by atoms with E-state index in [1.807, 2.05) is 18.2 Å². The molecule has 3 N–H and O–H groups in total. The fourth-order valence-electron chi connectivity index (χ4n) is 2.24. The van der Waals surface area contributed by atoms with Gasteiger partial charge in [-0.2, -0.15) is 0 Å². The number of hydrogen-bond acceptors (Lipinski definition) is 4. The van der Waals surface area contributed by atoms with E-state index in [0.29, 0.717) is 17.6 Å². The Morgan fingerprint density at radius 3 is 2.94 bits per heavy atom. The van der Waals surface area contributed by atoms with Crippen LogP contribution in [0.4, 0.5) is 5.69 Å². The molecule has 4 nitrogen and oxygen atoms in total. The van der Waals surface area contributed by atoms with E-state index >= 15 is 0 Å². The van der Waals surface area contributed by atoms with Crippen molar-refractivity contribution in [2.75, 3.05) is 12.4 Å². The molecule has 17 heavy (non-hydrogen) atoms. The first-order chi connectivity index (χ1) is 8.19. The van der Waals surface area contributed by atoms with Gasteiger partial charge < -0.3 is 15.8 Å². The SMILES string of the molecule is COC(=O)c1cccc(NC2CCC(N)C2)c1. The molecule has 0 aromatic heterocycles. The minimum atomic E-state index is -0.309. The number of benzene rings is 1. The third-order valence-electron chi connectivity index (χ3n) is 3.13. The van der Waals surface area contributed by atoms with E-state index < -0.39 is 0 Å². The van der Waals surface area contributed by atoms with Crippen molar-refractivity contribution < 1.29 is 9.53 Å². The van der Waals surface area contributed by atoms with Crippen molar-refractivity contribution in [2.45, 2.75) is 31.3 Å². The molecule has 0 bridgehead atoms. The molecular formula is C13H18N2O2. The van der Waals surface area contributed by atoms with Gasteiger partial charge >= 0.3 is 5.97 Å². The van der Waals surface area contributed by atoms with Gasteiger partial charge in [-0.15, -0.1) is 0 Å². The van der Waals surface area contributed by atoms with Crippen molar-refractivity contribution in [2.24, 2.45) is 5.73 Å². The lowest BCUT2D eigenvalue weighted by atomic mass is 10.1. The van der Waals surface area contributed by atoms with Crippen molar-refractivity contribution in [1.29, 1.82) is 0 Å². The van der Waals surface area contributed by atoms with E-state index in [9.17, 15) is 4.79 Å². The van der Waals surface area contributed by atoms with E-state index in [4.69, 9.17) is 10.5 Å². The van der Waals surface area contributed by atoms with Gasteiger partial charge in [0.15, 0.2) is 0 Å². The van der Waals surface area contributed by atoms with Crippen LogP contribution in [0.1, 0.15) is 29.6 Å². The first kappa shape index (κ1) is 11.9. The quantitative estimate of drug-likeness (QED) is 0.782. The monoisotopic (exact) mass is 234 g/mol. The largest absolute Gasteiger partial charge is 0.465 e. The van der Waals surface area contributed by atoms with Crippen LogP contribution >= 0.6 is 0 Å². The predicted octanol–water partition coefficient (Wildman–Crippen LogP) is 1.76. The molecule has 1 fully saturated rings. The van der Waals surface area contributed by atoms with Crippen LogP contribution in [-0.4, -0.2) is 25.2 Å². The summed E-state index contributed by atoms with van der Waals surface area (Å²) in [4.78, 5) is 11.4. The van der Waals surface area contributed by atoms with Gasteiger partial charge in [0.1, 0.15) is 0 Å². The molecule has 1 saturated carbocycles. The molecule has 1 aliphatic carbocycles. The summed E-state index contributed by atoms with van der Waals surface area (Å²) in [6, 6.07) is 8.08. The Labute approximate surface area is 101 Å². The summed E-state index contributed by atoms with van der Waals surface area (Å²) >= 11 is 0. The van der Waals surface area contributed by atoms with Gasteiger partial charge in [0.25, 0.3) is 0 Å². The van der Waals surface area contributed by atoms with Crippen molar-refractivity contribution in [3.05, 3.63) is 29.8 Å². The number of carbonyl (C=O) groups is 1.